The van der Waals surface area contributed by atoms with Crippen molar-refractivity contribution in [2.75, 3.05) is 0 Å². The Balaban J connectivity index is 3.25. The van der Waals surface area contributed by atoms with E-state index >= 15 is 0 Å². The number of rotatable bonds is 3. The first-order valence-corrected chi connectivity index (χ1v) is 5.21. The van der Waals surface area contributed by atoms with Gasteiger partial charge in [-0.2, -0.15) is 0 Å². The molecule has 0 saturated heterocycles. The van der Waals surface area contributed by atoms with Crippen LogP contribution in [0.25, 0.3) is 0 Å². The number of nitrogens with two attached hydrogens (primary N) is 1. The van der Waals surface area contributed by atoms with Gasteiger partial charge in [0.05, 0.1) is 0 Å². The molecule has 4 nitrogen and oxygen atoms in total. The van der Waals surface area contributed by atoms with E-state index in [2.05, 4.69) is 20.9 Å². The Kier molecular flexibility index (Phi) is 3.34. The molecule has 0 spiro atoms. The van der Waals surface area contributed by atoms with Crippen molar-refractivity contribution in [2.24, 2.45) is 5.73 Å². The van der Waals surface area contributed by atoms with E-state index in [-0.39, 0.29) is 11.1 Å². The van der Waals surface area contributed by atoms with E-state index in [0.717, 1.165) is 0 Å². The van der Waals surface area contributed by atoms with Gasteiger partial charge < -0.3 is 10.2 Å². The van der Waals surface area contributed by atoms with Crippen molar-refractivity contribution < 1.29 is 9.21 Å². The number of carbonyl (C=O) groups excluding carboxylic acids is 1. The molecule has 1 unspecified atom stereocenters. The predicted octanol–water partition coefficient (Wildman–Crippen LogP) is 2.24. The first-order chi connectivity index (χ1) is 6.41. The van der Waals surface area contributed by atoms with Crippen LogP contribution in [0.1, 0.15) is 26.0 Å². The normalized spacial score (nSPS) is 15.2. The van der Waals surface area contributed by atoms with E-state index in [1.54, 1.807) is 6.92 Å². The number of hydrogen-bond acceptors (Lipinski definition) is 4. The van der Waals surface area contributed by atoms with Gasteiger partial charge in [0.2, 0.25) is 0 Å². The third kappa shape index (κ3) is 1.85. The van der Waals surface area contributed by atoms with Crippen LogP contribution in [0.3, 0.4) is 0 Å². The maximum atomic E-state index is 11.4. The van der Waals surface area contributed by atoms with Crippen molar-refractivity contribution in [1.29, 1.82) is 0 Å². The maximum Gasteiger partial charge on any atom is 0.293 e. The Morgan fingerprint density at radius 3 is 2.64 bits per heavy atom. The zero-order valence-electron chi connectivity index (χ0n) is 7.80. The van der Waals surface area contributed by atoms with Gasteiger partial charge in [-0.05, 0) is 40.9 Å². The first kappa shape index (κ1) is 11.7. The molecule has 0 saturated carbocycles. The van der Waals surface area contributed by atoms with Gasteiger partial charge in [0.15, 0.2) is 10.5 Å². The van der Waals surface area contributed by atoms with Crippen LogP contribution in [-0.4, -0.2) is 10.8 Å². The number of oxazole rings is 1. The highest BCUT2D eigenvalue weighted by Crippen LogP contribution is 2.31. The molecule has 14 heavy (non-hydrogen) atoms. The van der Waals surface area contributed by atoms with Crippen molar-refractivity contribution in [1.82, 2.24) is 4.98 Å². The smallest absolute Gasteiger partial charge is 0.293 e. The SMILES string of the molecule is CCC(N)(C(C)=O)c1nc(Cl)oc1Br. The summed E-state index contributed by atoms with van der Waals surface area (Å²) >= 11 is 8.67. The molecule has 0 aliphatic rings. The van der Waals surface area contributed by atoms with Crippen molar-refractivity contribution in [3.05, 3.63) is 15.7 Å². The largest absolute Gasteiger partial charge is 0.420 e. The highest BCUT2D eigenvalue weighted by Gasteiger charge is 2.36. The van der Waals surface area contributed by atoms with Crippen LogP contribution in [0.4, 0.5) is 0 Å². The lowest BCUT2D eigenvalue weighted by molar-refractivity contribution is -0.122. The summed E-state index contributed by atoms with van der Waals surface area (Å²) in [7, 11) is 0. The number of nitrogens with zero attached hydrogens (tertiary/aromatic N) is 1. The molecule has 0 aliphatic carbocycles. The highest BCUT2D eigenvalue weighted by molar-refractivity contribution is 9.10. The minimum atomic E-state index is -1.13. The highest BCUT2D eigenvalue weighted by atomic mass is 79.9. The molecule has 1 heterocycles. The fourth-order valence-electron chi connectivity index (χ4n) is 1.14. The summed E-state index contributed by atoms with van der Waals surface area (Å²) in [6, 6.07) is 0. The summed E-state index contributed by atoms with van der Waals surface area (Å²) in [5.74, 6) is -0.175. The number of carbonyl (C=O) groups is 1. The first-order valence-electron chi connectivity index (χ1n) is 4.04. The zero-order valence-corrected chi connectivity index (χ0v) is 10.1. The molecule has 0 aromatic carbocycles. The summed E-state index contributed by atoms with van der Waals surface area (Å²) < 4.78 is 5.26. The molecule has 78 valence electrons. The second-order valence-electron chi connectivity index (χ2n) is 2.97. The van der Waals surface area contributed by atoms with Crippen molar-refractivity contribution >= 4 is 33.3 Å². The van der Waals surface area contributed by atoms with Gasteiger partial charge in [0.1, 0.15) is 11.2 Å². The van der Waals surface area contributed by atoms with Crippen LogP contribution >= 0.6 is 27.5 Å². The van der Waals surface area contributed by atoms with Gasteiger partial charge in [-0.15, -0.1) is 0 Å². The Morgan fingerprint density at radius 1 is 1.79 bits per heavy atom. The van der Waals surface area contributed by atoms with Crippen LogP contribution in [0.15, 0.2) is 9.09 Å². The number of halogens is 2. The topological polar surface area (TPSA) is 69.1 Å². The molecule has 0 bridgehead atoms. The Hall–Kier alpha value is -0.390. The summed E-state index contributed by atoms with van der Waals surface area (Å²) in [5, 5.41) is -0.0311. The van der Waals surface area contributed by atoms with E-state index in [1.165, 1.54) is 6.92 Å². The van der Waals surface area contributed by atoms with E-state index < -0.39 is 5.54 Å². The second kappa shape index (κ2) is 4.00. The standard InChI is InChI=1S/C8H10BrClN2O2/c1-3-8(11,4(2)13)5-6(9)14-7(10)12-5/h3,11H2,1-2H3. The summed E-state index contributed by atoms with van der Waals surface area (Å²) in [6.07, 6.45) is 0.434. The third-order valence-corrected chi connectivity index (χ3v) is 2.87. The second-order valence-corrected chi connectivity index (χ2v) is 4.01. The van der Waals surface area contributed by atoms with Crippen LogP contribution in [0, 0.1) is 0 Å². The molecule has 2 N–H and O–H groups in total. The summed E-state index contributed by atoms with van der Waals surface area (Å²) in [4.78, 5) is 15.3. The zero-order chi connectivity index (χ0) is 10.9. The molecule has 1 aromatic rings. The van der Waals surface area contributed by atoms with E-state index in [9.17, 15) is 4.79 Å². The fourth-order valence-corrected chi connectivity index (χ4v) is 1.99. The van der Waals surface area contributed by atoms with Crippen molar-refractivity contribution in [3.63, 3.8) is 0 Å². The molecule has 1 rings (SSSR count). The molecule has 1 aromatic heterocycles. The average molecular weight is 282 g/mol. The van der Waals surface area contributed by atoms with Crippen LogP contribution in [0.5, 0.6) is 0 Å². The van der Waals surface area contributed by atoms with Crippen LogP contribution in [-0.2, 0) is 10.3 Å². The van der Waals surface area contributed by atoms with Gasteiger partial charge >= 0.3 is 0 Å². The van der Waals surface area contributed by atoms with E-state index in [1.807, 2.05) is 0 Å². The Morgan fingerprint density at radius 2 is 2.36 bits per heavy atom. The summed E-state index contributed by atoms with van der Waals surface area (Å²) in [5.41, 5.74) is 5.13. The van der Waals surface area contributed by atoms with Gasteiger partial charge in [0, 0.05) is 0 Å². The summed E-state index contributed by atoms with van der Waals surface area (Å²) in [6.45, 7) is 3.22. The molecule has 1 atom stereocenters. The van der Waals surface area contributed by atoms with Crippen LogP contribution < -0.4 is 5.73 Å². The van der Waals surface area contributed by atoms with E-state index in [4.69, 9.17) is 21.8 Å². The monoisotopic (exact) mass is 280 g/mol. The predicted molar refractivity (Wildman–Crippen MR) is 56.1 cm³/mol. The minimum absolute atomic E-state index is 0.0311. The van der Waals surface area contributed by atoms with Crippen molar-refractivity contribution in [2.45, 2.75) is 25.8 Å². The number of ketones is 1. The lowest BCUT2D eigenvalue weighted by Gasteiger charge is -2.22. The molecular weight excluding hydrogens is 271 g/mol. The van der Waals surface area contributed by atoms with Crippen LogP contribution in [0.2, 0.25) is 5.35 Å². The average Bonchev–Trinajstić information content (AvgIpc) is 2.44. The molecule has 0 amide bonds. The number of Topliss-reactive ketones (excluding diaryl/α,β-unsaturated/α-hetero) is 1. The Bertz CT molecular complexity index is 366. The Labute approximate surface area is 94.9 Å². The van der Waals surface area contributed by atoms with Gasteiger partial charge in [0.25, 0.3) is 5.35 Å². The minimum Gasteiger partial charge on any atom is -0.420 e. The molecule has 0 radical (unpaired) electrons. The maximum absolute atomic E-state index is 11.4. The van der Waals surface area contributed by atoms with E-state index in [0.29, 0.717) is 16.8 Å². The van der Waals surface area contributed by atoms with Gasteiger partial charge in [-0.1, -0.05) is 6.92 Å². The molecule has 0 aliphatic heterocycles. The van der Waals surface area contributed by atoms with Crippen molar-refractivity contribution in [3.8, 4) is 0 Å². The molecule has 0 fully saturated rings. The lowest BCUT2D eigenvalue weighted by Crippen LogP contribution is -2.43. The number of aromatic nitrogens is 1. The number of hydrogen-bond donors (Lipinski definition) is 1. The van der Waals surface area contributed by atoms with Gasteiger partial charge in [-0.3, -0.25) is 4.79 Å². The molecular formula is C8H10BrClN2O2. The fraction of sp³-hybridized carbons (Fsp3) is 0.500. The lowest BCUT2D eigenvalue weighted by atomic mass is 9.90. The molecule has 6 heteroatoms. The van der Waals surface area contributed by atoms with Gasteiger partial charge in [-0.25, -0.2) is 4.98 Å². The quantitative estimate of drug-likeness (QED) is 0.922. The third-order valence-electron chi connectivity index (χ3n) is 2.17.